The maximum atomic E-state index is 13.8. The lowest BCUT2D eigenvalue weighted by Gasteiger charge is -2.47. The van der Waals surface area contributed by atoms with Crippen molar-refractivity contribution in [3.63, 3.8) is 0 Å². The summed E-state index contributed by atoms with van der Waals surface area (Å²) in [5, 5.41) is 0. The highest BCUT2D eigenvalue weighted by Gasteiger charge is 2.61. The first kappa shape index (κ1) is 21.9. The topological polar surface area (TPSA) is 32.8 Å². The van der Waals surface area contributed by atoms with Gasteiger partial charge in [0.05, 0.1) is 17.6 Å². The quantitative estimate of drug-likeness (QED) is 0.609. The van der Waals surface area contributed by atoms with E-state index in [1.807, 2.05) is 4.90 Å². The highest BCUT2D eigenvalue weighted by Crippen LogP contribution is 2.56. The molecular formula is C26H33F3N2O2. The van der Waals surface area contributed by atoms with Crippen LogP contribution in [0.25, 0.3) is 0 Å². The molecule has 3 unspecified atom stereocenters. The summed E-state index contributed by atoms with van der Waals surface area (Å²) in [4.78, 5) is 18.5. The van der Waals surface area contributed by atoms with E-state index in [1.54, 1.807) is 6.07 Å². The van der Waals surface area contributed by atoms with Crippen molar-refractivity contribution in [3.8, 4) is 0 Å². The van der Waals surface area contributed by atoms with E-state index in [9.17, 15) is 18.0 Å². The molecule has 4 heterocycles. The fourth-order valence-corrected chi connectivity index (χ4v) is 7.90. The number of hydrogen-bond donors (Lipinski definition) is 0. The number of alkyl halides is 3. The lowest BCUT2D eigenvalue weighted by Crippen LogP contribution is -2.53. The first-order valence-electron chi connectivity index (χ1n) is 12.6. The molecule has 6 rings (SSSR count). The molecule has 1 aromatic carbocycles. The van der Waals surface area contributed by atoms with Gasteiger partial charge in [0, 0.05) is 31.3 Å². The average Bonchev–Trinajstić information content (AvgIpc) is 3.34. The molecule has 1 amide bonds. The molecule has 7 heteroatoms. The van der Waals surface area contributed by atoms with Gasteiger partial charge in [-0.2, -0.15) is 13.2 Å². The van der Waals surface area contributed by atoms with Gasteiger partial charge in [0.1, 0.15) is 0 Å². The van der Waals surface area contributed by atoms with E-state index in [0.717, 1.165) is 51.0 Å². The Kier molecular flexibility index (Phi) is 5.11. The molecule has 1 aliphatic carbocycles. The number of rotatable bonds is 1. The van der Waals surface area contributed by atoms with Crippen molar-refractivity contribution in [2.24, 2.45) is 17.3 Å². The summed E-state index contributed by atoms with van der Waals surface area (Å²) in [7, 11) is 0. The number of piperidine rings is 1. The zero-order valence-electron chi connectivity index (χ0n) is 19.2. The van der Waals surface area contributed by atoms with Crippen molar-refractivity contribution in [3.05, 3.63) is 34.9 Å². The van der Waals surface area contributed by atoms with Crippen LogP contribution < -0.4 is 0 Å². The first-order valence-corrected chi connectivity index (χ1v) is 12.6. The fraction of sp³-hybridized carbons (Fsp3) is 0.731. The Balaban J connectivity index is 1.24. The van der Waals surface area contributed by atoms with Crippen LogP contribution in [0.1, 0.15) is 62.1 Å². The monoisotopic (exact) mass is 462 g/mol. The lowest BCUT2D eigenvalue weighted by molar-refractivity contribution is -0.138. The molecule has 0 bridgehead atoms. The number of amides is 1. The largest absolute Gasteiger partial charge is 0.416 e. The molecule has 33 heavy (non-hydrogen) atoms. The molecule has 0 radical (unpaired) electrons. The van der Waals surface area contributed by atoms with E-state index in [2.05, 4.69) is 11.8 Å². The number of fused-ring (bicyclic) bond motifs is 3. The third kappa shape index (κ3) is 3.36. The van der Waals surface area contributed by atoms with Crippen molar-refractivity contribution in [1.82, 2.24) is 9.80 Å². The van der Waals surface area contributed by atoms with Gasteiger partial charge < -0.3 is 9.64 Å². The number of nitrogens with zero attached hydrogens (tertiary/aromatic N) is 2. The maximum absolute atomic E-state index is 13.8. The number of likely N-dealkylation sites (tertiary alicyclic amines) is 1. The van der Waals surface area contributed by atoms with Crippen molar-refractivity contribution in [2.75, 3.05) is 19.8 Å². The van der Waals surface area contributed by atoms with Crippen molar-refractivity contribution in [2.45, 2.75) is 82.7 Å². The molecule has 1 spiro atoms. The SMILES string of the molecule is CC1C2Cc3ccc(C(F)(F)F)cc3CN2C(=O)[C@]12CC[C@@H](N1CCCC3COCC[C@@H]31)C2. The Morgan fingerprint density at radius 3 is 2.79 bits per heavy atom. The highest BCUT2D eigenvalue weighted by atomic mass is 19.4. The van der Waals surface area contributed by atoms with Gasteiger partial charge in [-0.3, -0.25) is 9.69 Å². The standard InChI is InChI=1S/C26H33F3N2O2/c1-16-23-12-17-4-5-20(26(27,28)29)11-19(17)14-31(23)24(32)25(16)8-6-21(13-25)30-9-2-3-18-15-33-10-7-22(18)30/h4-5,11,16,18,21-23H,2-3,6-10,12-15H2,1H3/t16?,18?,21-,22+,23?,25+/m1/s1. The molecule has 5 aliphatic rings. The minimum absolute atomic E-state index is 0.0951. The normalized spacial score (nSPS) is 39.0. The second kappa shape index (κ2) is 7.70. The Morgan fingerprint density at radius 2 is 1.97 bits per heavy atom. The van der Waals surface area contributed by atoms with Crippen LogP contribution in [0.5, 0.6) is 0 Å². The Labute approximate surface area is 193 Å². The minimum Gasteiger partial charge on any atom is -0.381 e. The summed E-state index contributed by atoms with van der Waals surface area (Å²) in [6.45, 7) is 5.34. The van der Waals surface area contributed by atoms with E-state index in [1.165, 1.54) is 25.0 Å². The van der Waals surface area contributed by atoms with Crippen LogP contribution in [-0.4, -0.2) is 53.6 Å². The van der Waals surface area contributed by atoms with E-state index < -0.39 is 11.7 Å². The van der Waals surface area contributed by atoms with Crippen LogP contribution >= 0.6 is 0 Å². The third-order valence-corrected chi connectivity index (χ3v) is 9.68. The van der Waals surface area contributed by atoms with Crippen molar-refractivity contribution >= 4 is 5.91 Å². The smallest absolute Gasteiger partial charge is 0.381 e. The van der Waals surface area contributed by atoms with E-state index in [-0.39, 0.29) is 23.3 Å². The van der Waals surface area contributed by atoms with Crippen LogP contribution in [0.3, 0.4) is 0 Å². The molecular weight excluding hydrogens is 429 g/mol. The maximum Gasteiger partial charge on any atom is 0.416 e. The fourth-order valence-electron chi connectivity index (χ4n) is 7.90. The first-order chi connectivity index (χ1) is 15.8. The summed E-state index contributed by atoms with van der Waals surface area (Å²) in [6, 6.07) is 5.18. The summed E-state index contributed by atoms with van der Waals surface area (Å²) in [6.07, 6.45) is 2.68. The van der Waals surface area contributed by atoms with Crippen molar-refractivity contribution < 1.29 is 22.7 Å². The van der Waals surface area contributed by atoms with E-state index in [4.69, 9.17) is 4.74 Å². The van der Waals surface area contributed by atoms with Crippen LogP contribution in [0.4, 0.5) is 13.2 Å². The number of ether oxygens (including phenoxy) is 1. The second-order valence-electron chi connectivity index (χ2n) is 11.1. The minimum atomic E-state index is -4.36. The molecule has 3 saturated heterocycles. The Morgan fingerprint density at radius 1 is 1.12 bits per heavy atom. The van der Waals surface area contributed by atoms with Crippen molar-refractivity contribution in [1.29, 1.82) is 0 Å². The van der Waals surface area contributed by atoms with Crippen LogP contribution in [0.2, 0.25) is 0 Å². The summed E-state index contributed by atoms with van der Waals surface area (Å²) >= 11 is 0. The zero-order chi connectivity index (χ0) is 23.0. The zero-order valence-corrected chi connectivity index (χ0v) is 19.2. The van der Waals surface area contributed by atoms with Crippen LogP contribution in [-0.2, 0) is 28.7 Å². The van der Waals surface area contributed by atoms with Gasteiger partial charge in [0.2, 0.25) is 5.91 Å². The summed E-state index contributed by atoms with van der Waals surface area (Å²) in [5.74, 6) is 1.02. The molecule has 4 fully saturated rings. The van der Waals surface area contributed by atoms with Gasteiger partial charge in [0.15, 0.2) is 0 Å². The predicted molar refractivity (Wildman–Crippen MR) is 117 cm³/mol. The molecule has 4 nitrogen and oxygen atoms in total. The predicted octanol–water partition coefficient (Wildman–Crippen LogP) is 4.65. The molecule has 0 N–H and O–H groups in total. The van der Waals surface area contributed by atoms with Gasteiger partial charge in [-0.15, -0.1) is 0 Å². The number of carbonyl (C=O) groups excluding carboxylic acids is 1. The number of benzene rings is 1. The Hall–Kier alpha value is -1.60. The molecule has 1 aromatic rings. The molecule has 0 aromatic heterocycles. The summed E-state index contributed by atoms with van der Waals surface area (Å²) < 4.78 is 45.5. The average molecular weight is 463 g/mol. The number of carbonyl (C=O) groups is 1. The van der Waals surface area contributed by atoms with Gasteiger partial charge in [-0.05, 0) is 86.6 Å². The highest BCUT2D eigenvalue weighted by molar-refractivity contribution is 5.87. The molecule has 6 atom stereocenters. The van der Waals surface area contributed by atoms with E-state index in [0.29, 0.717) is 36.5 Å². The van der Waals surface area contributed by atoms with Gasteiger partial charge >= 0.3 is 6.18 Å². The van der Waals surface area contributed by atoms with Gasteiger partial charge in [-0.25, -0.2) is 0 Å². The van der Waals surface area contributed by atoms with Gasteiger partial charge in [0.25, 0.3) is 0 Å². The second-order valence-corrected chi connectivity index (χ2v) is 11.1. The number of halogens is 3. The molecule has 1 saturated carbocycles. The molecule has 4 aliphatic heterocycles. The van der Waals surface area contributed by atoms with Crippen LogP contribution in [0.15, 0.2) is 18.2 Å². The number of hydrogen-bond acceptors (Lipinski definition) is 3. The third-order valence-electron chi connectivity index (χ3n) is 9.68. The Bertz CT molecular complexity index is 948. The summed E-state index contributed by atoms with van der Waals surface area (Å²) in [5.41, 5.74) is 0.652. The molecule has 180 valence electrons. The van der Waals surface area contributed by atoms with E-state index >= 15 is 0 Å². The lowest BCUT2D eigenvalue weighted by atomic mass is 9.73. The van der Waals surface area contributed by atoms with Crippen LogP contribution in [0, 0.1) is 17.3 Å². The van der Waals surface area contributed by atoms with Gasteiger partial charge in [-0.1, -0.05) is 13.0 Å².